The van der Waals surface area contributed by atoms with Gasteiger partial charge in [0.25, 0.3) is 0 Å². The molecule has 34 heavy (non-hydrogen) atoms. The Morgan fingerprint density at radius 2 is 1.71 bits per heavy atom. The first-order valence-electron chi connectivity index (χ1n) is 9.80. The molecule has 0 aliphatic carbocycles. The number of carbonyl (C=O) groups is 1. The Morgan fingerprint density at radius 1 is 1.06 bits per heavy atom. The van der Waals surface area contributed by atoms with Gasteiger partial charge in [-0.2, -0.15) is 0 Å². The lowest BCUT2D eigenvalue weighted by atomic mass is 9.30. The van der Waals surface area contributed by atoms with Crippen molar-refractivity contribution in [3.8, 4) is 10.6 Å². The quantitative estimate of drug-likeness (QED) is 0.448. The van der Waals surface area contributed by atoms with Crippen molar-refractivity contribution < 1.29 is 9.53 Å². The first-order chi connectivity index (χ1) is 15.6. The van der Waals surface area contributed by atoms with Gasteiger partial charge in [-0.1, -0.05) is 23.5 Å². The maximum Gasteiger partial charge on any atom is 0.240 e. The summed E-state index contributed by atoms with van der Waals surface area (Å²) in [7, 11) is 47.4. The lowest BCUT2D eigenvalue weighted by Crippen LogP contribution is -2.86. The van der Waals surface area contributed by atoms with E-state index < -0.39 is 33.9 Å². The molecule has 0 saturated carbocycles. The maximum absolute atomic E-state index is 12.8. The van der Waals surface area contributed by atoms with E-state index >= 15 is 0 Å². The van der Waals surface area contributed by atoms with Crippen LogP contribution < -0.4 is 5.32 Å². The summed E-state index contributed by atoms with van der Waals surface area (Å²) in [5.41, 5.74) is 1.38. The molecule has 17 heteroatoms. The molecule has 1 aliphatic heterocycles. The number of amides is 1. The summed E-state index contributed by atoms with van der Waals surface area (Å²) in [6.07, 6.45) is 1.55. The zero-order chi connectivity index (χ0) is 25.1. The molecule has 0 bridgehead atoms. The van der Waals surface area contributed by atoms with E-state index in [1.165, 1.54) is 11.3 Å². The first kappa shape index (κ1) is 25.1. The SMILES string of the molecule is [B]C1([B])OC([B])([B])C([B])([B])N(CC(=O)Nc2ncc3ccc(-c4nnc(C)s4)cc3n2)C1([B])[B]. The first-order valence-corrected chi connectivity index (χ1v) is 10.6. The molecule has 0 unspecified atom stereocenters. The Hall–Kier alpha value is -1.97. The smallest absolute Gasteiger partial charge is 0.240 e. The normalized spacial score (nSPS) is 20.6. The van der Waals surface area contributed by atoms with Crippen molar-refractivity contribution in [3.63, 3.8) is 0 Å². The zero-order valence-corrected chi connectivity index (χ0v) is 18.9. The minimum absolute atomic E-state index is 0.00541. The lowest BCUT2D eigenvalue weighted by Gasteiger charge is -2.69. The molecule has 4 rings (SSSR count). The molecule has 16 radical (unpaired) electrons. The molecule has 0 atom stereocenters. The van der Waals surface area contributed by atoms with Crippen molar-refractivity contribution in [3.05, 3.63) is 29.4 Å². The Balaban J connectivity index is 1.58. The third-order valence-electron chi connectivity index (χ3n) is 5.39. The summed E-state index contributed by atoms with van der Waals surface area (Å²) >= 11 is 1.44. The average Bonchev–Trinajstić information content (AvgIpc) is 3.16. The molecule has 1 aromatic carbocycles. The van der Waals surface area contributed by atoms with Gasteiger partial charge in [0, 0.05) is 17.1 Å². The number of anilines is 1. The highest BCUT2D eigenvalue weighted by Gasteiger charge is 2.57. The summed E-state index contributed by atoms with van der Waals surface area (Å²) in [4.78, 5) is 22.2. The third kappa shape index (κ3) is 4.26. The summed E-state index contributed by atoms with van der Waals surface area (Å²) < 4.78 is 5.12. The fraction of sp³-hybridized carbons (Fsp3) is 0.353. The van der Waals surface area contributed by atoms with Crippen LogP contribution >= 0.6 is 11.3 Å². The number of fused-ring (bicyclic) bond motifs is 1. The molecule has 1 fully saturated rings. The predicted molar refractivity (Wildman–Crippen MR) is 137 cm³/mol. The van der Waals surface area contributed by atoms with Crippen LogP contribution in [0.1, 0.15) is 5.01 Å². The fourth-order valence-corrected chi connectivity index (χ4v) is 4.06. The van der Waals surface area contributed by atoms with Gasteiger partial charge in [-0.05, 0) is 34.5 Å². The van der Waals surface area contributed by atoms with Gasteiger partial charge in [0.2, 0.25) is 11.9 Å². The lowest BCUT2D eigenvalue weighted by molar-refractivity contribution is -0.131. The van der Waals surface area contributed by atoms with Crippen LogP contribution in [0.25, 0.3) is 21.5 Å². The Kier molecular flexibility index (Phi) is 6.14. The molecule has 3 heterocycles. The number of morpholine rings is 1. The standard InChI is InChI=1S/C17H10B8N6O2S/c1-7-29-30-12(34-7)8-2-3-9-5-26-13(27-10(9)4-8)28-11(32)6-31-14(18,19)16(22,23)33-17(24,25)15(31,20)21/h2-5H,6H2,1H3,(H,26,27,28,32). The molecule has 1 saturated heterocycles. The third-order valence-corrected chi connectivity index (χ3v) is 6.28. The molecule has 2 aromatic heterocycles. The minimum Gasteiger partial charge on any atom is -0.406 e. The molecule has 1 amide bonds. The van der Waals surface area contributed by atoms with E-state index in [1.54, 1.807) is 12.3 Å². The van der Waals surface area contributed by atoms with Crippen LogP contribution in [-0.2, 0) is 9.53 Å². The van der Waals surface area contributed by atoms with Crippen molar-refractivity contribution in [2.24, 2.45) is 0 Å². The van der Waals surface area contributed by atoms with E-state index in [1.807, 2.05) is 19.1 Å². The summed E-state index contributed by atoms with van der Waals surface area (Å²) in [5.74, 6) is -0.710. The number of hydrogen-bond acceptors (Lipinski definition) is 8. The van der Waals surface area contributed by atoms with Crippen LogP contribution in [0.2, 0.25) is 0 Å². The van der Waals surface area contributed by atoms with Gasteiger partial charge in [-0.3, -0.25) is 10.1 Å². The second-order valence-corrected chi connectivity index (χ2v) is 9.25. The van der Waals surface area contributed by atoms with Crippen LogP contribution in [0.4, 0.5) is 5.95 Å². The Labute approximate surface area is 211 Å². The number of aryl methyl sites for hydroxylation is 1. The number of ether oxygens (including phenoxy) is 1. The predicted octanol–water partition coefficient (Wildman–Crippen LogP) is -2.31. The second kappa shape index (κ2) is 8.31. The van der Waals surface area contributed by atoms with Crippen LogP contribution in [0.3, 0.4) is 0 Å². The molecule has 1 aliphatic rings. The number of hydrogen-bond donors (Lipinski definition) is 1. The number of carbonyl (C=O) groups excluding carboxylic acids is 1. The topological polar surface area (TPSA) is 93.1 Å². The Bertz CT molecular complexity index is 1240. The summed E-state index contributed by atoms with van der Waals surface area (Å²) in [6, 6.07) is 5.52. The van der Waals surface area contributed by atoms with Crippen LogP contribution in [-0.4, -0.2) is 122 Å². The van der Waals surface area contributed by atoms with E-state index in [0.717, 1.165) is 25.9 Å². The zero-order valence-electron chi connectivity index (χ0n) is 18.1. The van der Waals surface area contributed by atoms with Crippen molar-refractivity contribution in [2.45, 2.75) is 28.4 Å². The van der Waals surface area contributed by atoms with E-state index in [0.29, 0.717) is 5.52 Å². The van der Waals surface area contributed by atoms with Gasteiger partial charge in [0.05, 0.1) is 74.8 Å². The highest BCUT2D eigenvalue weighted by atomic mass is 32.1. The van der Waals surface area contributed by atoms with Crippen LogP contribution in [0.15, 0.2) is 24.4 Å². The van der Waals surface area contributed by atoms with Crippen LogP contribution in [0.5, 0.6) is 0 Å². The highest BCUT2D eigenvalue weighted by molar-refractivity contribution is 7.14. The van der Waals surface area contributed by atoms with Crippen molar-refractivity contribution >= 4 is 96.9 Å². The second-order valence-electron chi connectivity index (χ2n) is 8.07. The number of nitrogens with zero attached hydrogens (tertiary/aromatic N) is 5. The van der Waals surface area contributed by atoms with E-state index in [9.17, 15) is 4.79 Å². The number of rotatable bonds is 4. The van der Waals surface area contributed by atoms with Gasteiger partial charge in [0.15, 0.2) is 0 Å². The van der Waals surface area contributed by atoms with Gasteiger partial charge < -0.3 is 9.64 Å². The number of nitrogens with one attached hydrogen (secondary N) is 1. The molecule has 8 nitrogen and oxygen atoms in total. The maximum atomic E-state index is 12.8. The van der Waals surface area contributed by atoms with Crippen molar-refractivity contribution in [1.82, 2.24) is 25.1 Å². The van der Waals surface area contributed by atoms with E-state index in [4.69, 9.17) is 67.5 Å². The monoisotopic (exact) mass is 450 g/mol. The van der Waals surface area contributed by atoms with Gasteiger partial charge in [-0.25, -0.2) is 9.97 Å². The summed E-state index contributed by atoms with van der Waals surface area (Å²) in [6.45, 7) is 1.24. The minimum atomic E-state index is -2.31. The number of benzene rings is 1. The van der Waals surface area contributed by atoms with Gasteiger partial charge in [0.1, 0.15) is 10.0 Å². The van der Waals surface area contributed by atoms with Crippen LogP contribution in [0, 0.1) is 6.92 Å². The molecule has 150 valence electrons. The molecular formula is C17H10B8N6O2S. The van der Waals surface area contributed by atoms with Crippen molar-refractivity contribution in [2.75, 3.05) is 11.9 Å². The van der Waals surface area contributed by atoms with Crippen molar-refractivity contribution in [1.29, 1.82) is 0 Å². The fourth-order valence-electron chi connectivity index (χ4n) is 3.37. The van der Waals surface area contributed by atoms with Gasteiger partial charge >= 0.3 is 0 Å². The Morgan fingerprint density at radius 3 is 2.29 bits per heavy atom. The average molecular weight is 449 g/mol. The van der Waals surface area contributed by atoms with Gasteiger partial charge in [-0.15, -0.1) is 10.2 Å². The molecular weight excluding hydrogens is 439 g/mol. The molecule has 0 spiro atoms. The highest BCUT2D eigenvalue weighted by Crippen LogP contribution is 2.39. The largest absolute Gasteiger partial charge is 0.406 e. The van der Waals surface area contributed by atoms with E-state index in [2.05, 4.69) is 25.5 Å². The molecule has 3 aromatic rings. The number of aromatic nitrogens is 4. The molecule has 1 N–H and O–H groups in total. The van der Waals surface area contributed by atoms with E-state index in [-0.39, 0.29) is 5.95 Å². The summed E-state index contributed by atoms with van der Waals surface area (Å²) in [5, 5.41) is 3.88.